The number of likely N-dealkylation sites (N-methyl/N-ethyl adjacent to an activating group) is 1. The van der Waals surface area contributed by atoms with Crippen LogP contribution in [0, 0.1) is 0 Å². The lowest BCUT2D eigenvalue weighted by Crippen LogP contribution is -2.11. The van der Waals surface area contributed by atoms with Crippen LogP contribution in [0.3, 0.4) is 0 Å². The minimum absolute atomic E-state index is 0.466. The van der Waals surface area contributed by atoms with Crippen LogP contribution in [0.15, 0.2) is 18.6 Å². The van der Waals surface area contributed by atoms with Crippen molar-refractivity contribution in [1.82, 2.24) is 19.9 Å². The molecular weight excluding hydrogens is 233 g/mol. The lowest BCUT2D eigenvalue weighted by atomic mass is 10.2. The molecule has 2 aromatic rings. The highest BCUT2D eigenvalue weighted by Gasteiger charge is 2.31. The molecule has 17 heavy (non-hydrogen) atoms. The Bertz CT molecular complexity index is 518. The maximum absolute atomic E-state index is 12.4. The normalized spacial score (nSPS) is 12.2. The van der Waals surface area contributed by atoms with Crippen LogP contribution >= 0.6 is 0 Å². The van der Waals surface area contributed by atoms with E-state index in [1.807, 2.05) is 0 Å². The number of rotatable bonds is 3. The van der Waals surface area contributed by atoms with Crippen molar-refractivity contribution in [1.29, 1.82) is 0 Å². The van der Waals surface area contributed by atoms with Gasteiger partial charge in [0.15, 0.2) is 5.65 Å². The van der Waals surface area contributed by atoms with Gasteiger partial charge in [0.1, 0.15) is 0 Å². The van der Waals surface area contributed by atoms with Crippen molar-refractivity contribution in [3.63, 3.8) is 0 Å². The third-order valence-corrected chi connectivity index (χ3v) is 2.40. The average Bonchev–Trinajstić information content (AvgIpc) is 2.67. The molecule has 2 rings (SSSR count). The van der Waals surface area contributed by atoms with E-state index in [0.29, 0.717) is 12.1 Å². The van der Waals surface area contributed by atoms with Crippen molar-refractivity contribution >= 4 is 5.65 Å². The number of hydrogen-bond acceptors (Lipinski definition) is 3. The van der Waals surface area contributed by atoms with E-state index in [1.54, 1.807) is 13.2 Å². The summed E-state index contributed by atoms with van der Waals surface area (Å²) in [5, 5.41) is 6.83. The Morgan fingerprint density at radius 3 is 2.76 bits per heavy atom. The van der Waals surface area contributed by atoms with Gasteiger partial charge in [-0.05, 0) is 20.0 Å². The van der Waals surface area contributed by atoms with Gasteiger partial charge in [-0.1, -0.05) is 0 Å². The van der Waals surface area contributed by atoms with Crippen LogP contribution in [-0.2, 0) is 12.6 Å². The number of aromatic nitrogens is 3. The van der Waals surface area contributed by atoms with Gasteiger partial charge in [0, 0.05) is 18.0 Å². The van der Waals surface area contributed by atoms with Gasteiger partial charge in [0.05, 0.1) is 11.8 Å². The molecule has 0 unspecified atom stereocenters. The third-order valence-electron chi connectivity index (χ3n) is 2.40. The molecule has 7 heteroatoms. The van der Waals surface area contributed by atoms with E-state index in [1.165, 1.54) is 0 Å². The zero-order valence-corrected chi connectivity index (χ0v) is 9.12. The Balaban J connectivity index is 2.38. The molecule has 0 aromatic carbocycles. The molecule has 0 amide bonds. The fraction of sp³-hybridized carbons (Fsp3) is 0.400. The van der Waals surface area contributed by atoms with E-state index >= 15 is 0 Å². The number of alkyl halides is 3. The number of fused-ring (bicyclic) bond motifs is 1. The fourth-order valence-corrected chi connectivity index (χ4v) is 1.51. The largest absolute Gasteiger partial charge is 0.419 e. The van der Waals surface area contributed by atoms with Gasteiger partial charge in [0.25, 0.3) is 0 Å². The summed E-state index contributed by atoms with van der Waals surface area (Å²) in [6, 6.07) is 0. The molecule has 4 nitrogen and oxygen atoms in total. The molecule has 0 radical (unpaired) electrons. The highest BCUT2D eigenvalue weighted by atomic mass is 19.4. The topological polar surface area (TPSA) is 42.2 Å². The second kappa shape index (κ2) is 4.33. The lowest BCUT2D eigenvalue weighted by Gasteiger charge is -2.06. The van der Waals surface area contributed by atoms with Crippen molar-refractivity contribution < 1.29 is 13.2 Å². The monoisotopic (exact) mass is 244 g/mol. The van der Waals surface area contributed by atoms with Crippen molar-refractivity contribution in [3.05, 3.63) is 29.7 Å². The fourth-order valence-electron chi connectivity index (χ4n) is 1.51. The maximum Gasteiger partial charge on any atom is 0.419 e. The zero-order chi connectivity index (χ0) is 12.5. The van der Waals surface area contributed by atoms with Crippen LogP contribution in [0.5, 0.6) is 0 Å². The molecule has 0 aliphatic heterocycles. The second-order valence-corrected chi connectivity index (χ2v) is 3.63. The van der Waals surface area contributed by atoms with Gasteiger partial charge in [-0.15, -0.1) is 0 Å². The number of halogens is 3. The molecule has 0 atom stereocenters. The third kappa shape index (κ3) is 2.38. The van der Waals surface area contributed by atoms with E-state index in [0.717, 1.165) is 29.0 Å². The predicted molar refractivity (Wildman–Crippen MR) is 55.6 cm³/mol. The van der Waals surface area contributed by atoms with Gasteiger partial charge in [0.2, 0.25) is 0 Å². The molecule has 0 spiro atoms. The minimum atomic E-state index is -4.39. The first kappa shape index (κ1) is 11.8. The Morgan fingerprint density at radius 2 is 2.12 bits per heavy atom. The summed E-state index contributed by atoms with van der Waals surface area (Å²) in [5.74, 6) is 0. The predicted octanol–water partition coefficient (Wildman–Crippen LogP) is 1.51. The van der Waals surface area contributed by atoms with Crippen molar-refractivity contribution in [2.75, 3.05) is 13.6 Å². The molecule has 0 saturated heterocycles. The quantitative estimate of drug-likeness (QED) is 0.889. The van der Waals surface area contributed by atoms with E-state index in [4.69, 9.17) is 0 Å². The molecule has 0 aliphatic rings. The summed E-state index contributed by atoms with van der Waals surface area (Å²) in [6.45, 7) is 0.726. The highest BCUT2D eigenvalue weighted by Crippen LogP contribution is 2.28. The highest BCUT2D eigenvalue weighted by molar-refractivity contribution is 5.46. The number of nitrogens with zero attached hydrogens (tertiary/aromatic N) is 3. The molecule has 0 saturated carbocycles. The Hall–Kier alpha value is -1.63. The molecule has 92 valence electrons. The van der Waals surface area contributed by atoms with Crippen LogP contribution in [0.4, 0.5) is 13.2 Å². The first-order chi connectivity index (χ1) is 8.02. The lowest BCUT2D eigenvalue weighted by molar-refractivity contribution is -0.138. The maximum atomic E-state index is 12.4. The van der Waals surface area contributed by atoms with Crippen LogP contribution in [0.25, 0.3) is 5.65 Å². The Kier molecular flexibility index (Phi) is 3.01. The number of hydrogen-bond donors (Lipinski definition) is 1. The van der Waals surface area contributed by atoms with Crippen molar-refractivity contribution in [2.45, 2.75) is 12.6 Å². The Labute approximate surface area is 95.5 Å². The Morgan fingerprint density at radius 1 is 1.35 bits per heavy atom. The van der Waals surface area contributed by atoms with Crippen LogP contribution in [0.1, 0.15) is 11.1 Å². The van der Waals surface area contributed by atoms with E-state index < -0.39 is 11.7 Å². The van der Waals surface area contributed by atoms with Gasteiger partial charge in [-0.3, -0.25) is 0 Å². The van der Waals surface area contributed by atoms with Gasteiger partial charge < -0.3 is 5.32 Å². The molecule has 2 aromatic heterocycles. The van der Waals surface area contributed by atoms with Crippen LogP contribution in [-0.4, -0.2) is 28.2 Å². The molecule has 0 fully saturated rings. The molecule has 0 bridgehead atoms. The van der Waals surface area contributed by atoms with Crippen LogP contribution in [0.2, 0.25) is 0 Å². The molecule has 2 heterocycles. The van der Waals surface area contributed by atoms with E-state index in [2.05, 4.69) is 15.4 Å². The first-order valence-corrected chi connectivity index (χ1v) is 5.06. The van der Waals surface area contributed by atoms with Gasteiger partial charge in [-0.25, -0.2) is 9.50 Å². The summed E-state index contributed by atoms with van der Waals surface area (Å²) in [7, 11) is 1.81. The average molecular weight is 244 g/mol. The zero-order valence-electron chi connectivity index (χ0n) is 9.12. The second-order valence-electron chi connectivity index (χ2n) is 3.63. The van der Waals surface area contributed by atoms with Crippen LogP contribution < -0.4 is 5.32 Å². The van der Waals surface area contributed by atoms with Gasteiger partial charge >= 0.3 is 6.18 Å². The van der Waals surface area contributed by atoms with E-state index in [9.17, 15) is 13.2 Å². The molecule has 0 aliphatic carbocycles. The standard InChI is InChI=1S/C10H11F3N4/c1-14-3-2-7-4-16-17-6-8(10(11,12)13)5-15-9(7)17/h4-6,14H,2-3H2,1H3. The summed E-state index contributed by atoms with van der Waals surface area (Å²) >= 11 is 0. The van der Waals surface area contributed by atoms with Crippen molar-refractivity contribution in [3.8, 4) is 0 Å². The minimum Gasteiger partial charge on any atom is -0.319 e. The molecular formula is C10H11F3N4. The number of nitrogens with one attached hydrogen (secondary N) is 1. The smallest absolute Gasteiger partial charge is 0.319 e. The van der Waals surface area contributed by atoms with Gasteiger partial charge in [-0.2, -0.15) is 18.3 Å². The summed E-state index contributed by atoms with van der Waals surface area (Å²) in [6.07, 6.45) is -0.387. The SMILES string of the molecule is CNCCc1cnn2cc(C(F)(F)F)cnc12. The first-order valence-electron chi connectivity index (χ1n) is 5.06. The summed E-state index contributed by atoms with van der Waals surface area (Å²) < 4.78 is 38.5. The summed E-state index contributed by atoms with van der Waals surface area (Å²) in [4.78, 5) is 3.81. The van der Waals surface area contributed by atoms with E-state index in [-0.39, 0.29) is 0 Å². The van der Waals surface area contributed by atoms with Crippen molar-refractivity contribution in [2.24, 2.45) is 0 Å². The molecule has 1 N–H and O–H groups in total. The summed E-state index contributed by atoms with van der Waals surface area (Å²) in [5.41, 5.74) is 0.495.